The fourth-order valence-corrected chi connectivity index (χ4v) is 4.40. The molecule has 0 saturated carbocycles. The van der Waals surface area contributed by atoms with Gasteiger partial charge >= 0.3 is 5.69 Å². The molecule has 204 valence electrons. The molecule has 4 aromatic rings. The number of nitrogen functional groups attached to an aromatic ring is 1. The molecule has 39 heavy (non-hydrogen) atoms. The number of nitrogens with zero attached hydrogens (tertiary/aromatic N) is 2. The first-order valence-corrected chi connectivity index (χ1v) is 12.2. The van der Waals surface area contributed by atoms with Gasteiger partial charge in [0.1, 0.15) is 28.8 Å². The normalized spacial score (nSPS) is 11.2. The summed E-state index contributed by atoms with van der Waals surface area (Å²) in [6.07, 6.45) is 0.586. The predicted molar refractivity (Wildman–Crippen MR) is 150 cm³/mol. The fourth-order valence-electron chi connectivity index (χ4n) is 4.40. The third-order valence-corrected chi connectivity index (χ3v) is 6.07. The number of hydrogen-bond acceptors (Lipinski definition) is 6. The van der Waals surface area contributed by atoms with E-state index >= 15 is 0 Å². The summed E-state index contributed by atoms with van der Waals surface area (Å²) in [7, 11) is 3.23. The molecular weight excluding hydrogens is 498 g/mol. The second-order valence-electron chi connectivity index (χ2n) is 8.97. The number of benzene rings is 3. The lowest BCUT2D eigenvalue weighted by molar-refractivity contribution is -0.134. The number of carboxylic acid groups (broad SMARTS) is 1. The van der Waals surface area contributed by atoms with Gasteiger partial charge in [0.15, 0.2) is 0 Å². The van der Waals surface area contributed by atoms with Gasteiger partial charge in [0, 0.05) is 18.4 Å². The van der Waals surface area contributed by atoms with Crippen LogP contribution in [0.3, 0.4) is 0 Å². The Hall–Kier alpha value is -4.86. The number of nitrogens with two attached hydrogens (primary N) is 1. The molecule has 5 N–H and O–H groups in total. The third-order valence-electron chi connectivity index (χ3n) is 6.07. The zero-order valence-electron chi connectivity index (χ0n) is 22.6. The number of hydrogen-bond donors (Lipinski definition) is 4. The maximum absolute atomic E-state index is 13.0. The number of para-hydroxylation sites is 2. The molecule has 0 amide bonds. The highest BCUT2D eigenvalue weighted by molar-refractivity contribution is 5.94. The van der Waals surface area contributed by atoms with Gasteiger partial charge in [0.25, 0.3) is 5.97 Å². The number of aromatic nitrogens is 3. The summed E-state index contributed by atoms with van der Waals surface area (Å²) in [5.41, 5.74) is 10.5. The second-order valence-corrected chi connectivity index (χ2v) is 8.97. The number of ether oxygens (including phenoxy) is 2. The molecule has 10 heteroatoms. The SMILES string of the molecule is CC(=O)O.COc1ccccc1-n1nc(C(Cc2ccc(C(=N)N)cc2)c2cc(C)c(OC)c(C)c2)[nH]c1=O. The maximum atomic E-state index is 13.0. The van der Waals surface area contributed by atoms with E-state index in [0.29, 0.717) is 29.2 Å². The number of aryl methyl sites for hydroxylation is 2. The summed E-state index contributed by atoms with van der Waals surface area (Å²) >= 11 is 0. The van der Waals surface area contributed by atoms with Gasteiger partial charge in [-0.1, -0.05) is 48.5 Å². The third kappa shape index (κ3) is 6.92. The number of rotatable bonds is 8. The van der Waals surface area contributed by atoms with E-state index in [1.54, 1.807) is 26.4 Å². The number of amidine groups is 1. The monoisotopic (exact) mass is 531 g/mol. The number of aliphatic carboxylic acids is 1. The van der Waals surface area contributed by atoms with Gasteiger partial charge in [-0.2, -0.15) is 4.68 Å². The van der Waals surface area contributed by atoms with Crippen LogP contribution in [0.25, 0.3) is 5.69 Å². The van der Waals surface area contributed by atoms with Crippen molar-refractivity contribution in [2.45, 2.75) is 33.1 Å². The maximum Gasteiger partial charge on any atom is 0.348 e. The summed E-state index contributed by atoms with van der Waals surface area (Å²) < 4.78 is 12.3. The number of aromatic amines is 1. The first kappa shape index (κ1) is 28.7. The highest BCUT2D eigenvalue weighted by atomic mass is 16.5. The molecule has 0 aliphatic carbocycles. The van der Waals surface area contributed by atoms with E-state index in [1.165, 1.54) is 4.68 Å². The molecule has 4 rings (SSSR count). The van der Waals surface area contributed by atoms with Gasteiger partial charge < -0.3 is 20.3 Å². The molecule has 3 aromatic carbocycles. The molecule has 0 saturated heterocycles. The highest BCUT2D eigenvalue weighted by Crippen LogP contribution is 2.32. The van der Waals surface area contributed by atoms with E-state index < -0.39 is 5.97 Å². The Labute approximate surface area is 226 Å². The summed E-state index contributed by atoms with van der Waals surface area (Å²) in [6.45, 7) is 5.09. The van der Waals surface area contributed by atoms with Crippen molar-refractivity contribution in [3.05, 3.63) is 105 Å². The minimum absolute atomic E-state index is 0.0226. The molecule has 10 nitrogen and oxygen atoms in total. The average Bonchev–Trinajstić information content (AvgIpc) is 3.27. The lowest BCUT2D eigenvalue weighted by Gasteiger charge is -2.19. The largest absolute Gasteiger partial charge is 0.496 e. The van der Waals surface area contributed by atoms with E-state index in [0.717, 1.165) is 34.9 Å². The van der Waals surface area contributed by atoms with E-state index in [2.05, 4.69) is 17.1 Å². The molecule has 0 aliphatic rings. The summed E-state index contributed by atoms with van der Waals surface area (Å²) in [5, 5.41) is 19.8. The molecule has 0 radical (unpaired) electrons. The Bertz CT molecular complexity index is 1490. The highest BCUT2D eigenvalue weighted by Gasteiger charge is 2.23. The van der Waals surface area contributed by atoms with E-state index in [-0.39, 0.29) is 17.4 Å². The number of carbonyl (C=O) groups is 1. The van der Waals surface area contributed by atoms with E-state index in [9.17, 15) is 4.79 Å². The minimum Gasteiger partial charge on any atom is -0.496 e. The molecule has 1 heterocycles. The Morgan fingerprint density at radius 2 is 1.67 bits per heavy atom. The average molecular weight is 532 g/mol. The Kier molecular flexibility index (Phi) is 9.27. The van der Waals surface area contributed by atoms with Crippen molar-refractivity contribution < 1.29 is 19.4 Å². The van der Waals surface area contributed by atoms with Gasteiger partial charge in [-0.15, -0.1) is 5.10 Å². The molecule has 1 unspecified atom stereocenters. The van der Waals surface area contributed by atoms with Crippen molar-refractivity contribution in [2.24, 2.45) is 5.73 Å². The number of H-pyrrole nitrogens is 1. The van der Waals surface area contributed by atoms with Gasteiger partial charge in [0.05, 0.1) is 14.2 Å². The van der Waals surface area contributed by atoms with E-state index in [1.807, 2.05) is 50.2 Å². The van der Waals surface area contributed by atoms with Crippen molar-refractivity contribution in [2.75, 3.05) is 14.2 Å². The predicted octanol–water partition coefficient (Wildman–Crippen LogP) is 3.94. The van der Waals surface area contributed by atoms with E-state index in [4.69, 9.17) is 35.6 Å². The molecule has 0 bridgehead atoms. The number of carboxylic acids is 1. The van der Waals surface area contributed by atoms with Crippen LogP contribution in [-0.4, -0.2) is 45.9 Å². The number of nitrogens with one attached hydrogen (secondary N) is 2. The van der Waals surface area contributed by atoms with Crippen molar-refractivity contribution in [1.82, 2.24) is 14.8 Å². The Morgan fingerprint density at radius 1 is 1.08 bits per heavy atom. The summed E-state index contributed by atoms with van der Waals surface area (Å²) in [4.78, 5) is 24.9. The first-order valence-electron chi connectivity index (χ1n) is 12.2. The number of methoxy groups -OCH3 is 2. The van der Waals surface area contributed by atoms with Gasteiger partial charge in [-0.05, 0) is 54.7 Å². The molecular formula is C29H33N5O5. The zero-order chi connectivity index (χ0) is 28.7. The summed E-state index contributed by atoms with van der Waals surface area (Å²) in [6, 6.07) is 19.0. The Morgan fingerprint density at radius 3 is 2.21 bits per heavy atom. The van der Waals surface area contributed by atoms with Crippen LogP contribution in [0.15, 0.2) is 65.5 Å². The quantitative estimate of drug-likeness (QED) is 0.198. The second kappa shape index (κ2) is 12.6. The molecule has 0 aliphatic heterocycles. The topological polar surface area (TPSA) is 156 Å². The molecule has 1 aromatic heterocycles. The first-order chi connectivity index (χ1) is 18.5. The van der Waals surface area contributed by atoms with Crippen LogP contribution in [0.4, 0.5) is 0 Å². The van der Waals surface area contributed by atoms with Crippen molar-refractivity contribution >= 4 is 11.8 Å². The summed E-state index contributed by atoms with van der Waals surface area (Å²) in [5.74, 6) is 0.895. The van der Waals surface area contributed by atoms with Crippen molar-refractivity contribution in [3.63, 3.8) is 0 Å². The van der Waals surface area contributed by atoms with Crippen molar-refractivity contribution in [1.29, 1.82) is 5.41 Å². The standard InChI is InChI=1S/C27H29N5O3.C2H4O2/c1-16-13-20(14-17(2)24(16)35-4)21(15-18-9-11-19(12-10-18)25(28)29)26-30-27(33)32(31-26)22-7-5-6-8-23(22)34-3;1-2(3)4/h5-14,21H,15H2,1-4H3,(H3,28,29)(H,30,31,33);1H3,(H,3,4). The lowest BCUT2D eigenvalue weighted by atomic mass is 9.88. The molecule has 0 spiro atoms. The van der Waals surface area contributed by atoms with Crippen LogP contribution in [0.2, 0.25) is 0 Å². The van der Waals surface area contributed by atoms with Crippen LogP contribution in [0.1, 0.15) is 46.5 Å². The Balaban J connectivity index is 0.000000983. The minimum atomic E-state index is -0.833. The van der Waals surface area contributed by atoms with Crippen molar-refractivity contribution in [3.8, 4) is 17.2 Å². The fraction of sp³-hybridized carbons (Fsp3) is 0.241. The van der Waals surface area contributed by atoms with Gasteiger partial charge in [-0.25, -0.2) is 4.79 Å². The lowest BCUT2D eigenvalue weighted by Crippen LogP contribution is -2.16. The van der Waals surface area contributed by atoms with Crippen LogP contribution < -0.4 is 20.9 Å². The van der Waals surface area contributed by atoms with Gasteiger partial charge in [-0.3, -0.25) is 15.2 Å². The van der Waals surface area contributed by atoms with Gasteiger partial charge in [0.2, 0.25) is 0 Å². The van der Waals surface area contributed by atoms with Crippen LogP contribution in [-0.2, 0) is 11.2 Å². The molecule has 1 atom stereocenters. The van der Waals surface area contributed by atoms with Crippen LogP contribution in [0.5, 0.6) is 11.5 Å². The smallest absolute Gasteiger partial charge is 0.348 e. The molecule has 0 fully saturated rings. The van der Waals surface area contributed by atoms with Crippen LogP contribution >= 0.6 is 0 Å². The van der Waals surface area contributed by atoms with Crippen LogP contribution in [0, 0.1) is 19.3 Å². The zero-order valence-corrected chi connectivity index (χ0v) is 22.6.